The van der Waals surface area contributed by atoms with Crippen molar-refractivity contribution >= 4 is 98.3 Å². The van der Waals surface area contributed by atoms with Gasteiger partial charge in [0.25, 0.3) is 0 Å². The number of benzene rings is 14. The Morgan fingerprint density at radius 3 is 1.55 bits per heavy atom. The van der Waals surface area contributed by atoms with Gasteiger partial charge in [-0.05, 0) is 186 Å². The van der Waals surface area contributed by atoms with Gasteiger partial charge in [-0.2, -0.15) is 0 Å². The molecular weight excluding hydrogens is 1070 g/mol. The topological polar surface area (TPSA) is 19.6 Å². The molecule has 0 radical (unpaired) electrons. The molecule has 0 amide bonds. The van der Waals surface area contributed by atoms with Crippen molar-refractivity contribution in [3.05, 3.63) is 338 Å². The third kappa shape index (κ3) is 7.61. The lowest BCUT2D eigenvalue weighted by Gasteiger charge is -2.33. The Balaban J connectivity index is 0.830. The van der Waals surface area contributed by atoms with Crippen molar-refractivity contribution in [2.75, 3.05) is 9.80 Å². The molecule has 0 N–H and O–H groups in total. The van der Waals surface area contributed by atoms with Crippen LogP contribution in [-0.2, 0) is 5.41 Å². The maximum absolute atomic E-state index is 6.79. The Hall–Kier alpha value is -11.0. The first-order valence-corrected chi connectivity index (χ1v) is 30.7. The molecule has 16 aromatic rings. The molecule has 2 aliphatic carbocycles. The van der Waals surface area contributed by atoms with E-state index in [9.17, 15) is 0 Å². The average molecular weight is 1130 g/mol. The van der Waals surface area contributed by atoms with Crippen LogP contribution in [0.2, 0.25) is 0 Å². The predicted octanol–water partition coefficient (Wildman–Crippen LogP) is 23.4. The van der Waals surface area contributed by atoms with Gasteiger partial charge >= 0.3 is 0 Å². The number of fused-ring (bicyclic) bond motifs is 17. The SMILES string of the molecule is c1ccc(-c2ccc3oc4c(-c5ccccc5)cc(-c5ccc(N(c6ccccc6)c6cc(N(c7ccccc7)c7ccc8c(c7)C7(c9ccccc9-8)c8ccccc8-c8cc9ccccc9cc87)cc7c6sc6ccccc67)cc5)cc4c3c2)cc1. The summed E-state index contributed by atoms with van der Waals surface area (Å²) in [6.45, 7) is 0. The Bertz CT molecular complexity index is 5400. The summed E-state index contributed by atoms with van der Waals surface area (Å²) in [6, 6.07) is 117. The van der Waals surface area contributed by atoms with Crippen LogP contribution in [-0.4, -0.2) is 0 Å². The van der Waals surface area contributed by atoms with Gasteiger partial charge in [0.05, 0.1) is 15.8 Å². The molecule has 1 spiro atoms. The molecule has 0 saturated carbocycles. The number of hydrogen-bond acceptors (Lipinski definition) is 4. The fourth-order valence-corrected chi connectivity index (χ4v) is 15.7. The van der Waals surface area contributed by atoms with E-state index in [1.165, 1.54) is 81.0 Å². The molecule has 4 heteroatoms. The fourth-order valence-electron chi connectivity index (χ4n) is 14.6. The number of anilines is 6. The highest BCUT2D eigenvalue weighted by molar-refractivity contribution is 7.26. The maximum atomic E-state index is 6.79. The Labute approximate surface area is 508 Å². The zero-order chi connectivity index (χ0) is 57.2. The maximum Gasteiger partial charge on any atom is 0.143 e. The van der Waals surface area contributed by atoms with Crippen LogP contribution in [0.1, 0.15) is 22.3 Å². The monoisotopic (exact) mass is 1120 g/mol. The van der Waals surface area contributed by atoms with Crippen LogP contribution in [0.3, 0.4) is 0 Å². The lowest BCUT2D eigenvalue weighted by atomic mass is 9.70. The van der Waals surface area contributed by atoms with Crippen molar-refractivity contribution < 1.29 is 4.42 Å². The van der Waals surface area contributed by atoms with E-state index in [-0.39, 0.29) is 0 Å². The van der Waals surface area contributed by atoms with Gasteiger partial charge in [-0.25, -0.2) is 0 Å². The van der Waals surface area contributed by atoms with Gasteiger partial charge in [-0.15, -0.1) is 11.3 Å². The van der Waals surface area contributed by atoms with Gasteiger partial charge < -0.3 is 14.2 Å². The molecule has 3 nitrogen and oxygen atoms in total. The number of para-hydroxylation sites is 2. The van der Waals surface area contributed by atoms with Crippen molar-refractivity contribution in [1.82, 2.24) is 0 Å². The van der Waals surface area contributed by atoms with Crippen LogP contribution in [0.4, 0.5) is 34.1 Å². The molecule has 2 aliphatic rings. The minimum atomic E-state index is -0.539. The highest BCUT2D eigenvalue weighted by atomic mass is 32.1. The third-order valence-corrected chi connectivity index (χ3v) is 19.6. The van der Waals surface area contributed by atoms with E-state index in [1.807, 2.05) is 11.3 Å². The molecule has 0 aliphatic heterocycles. The van der Waals surface area contributed by atoms with Crippen LogP contribution in [0.5, 0.6) is 0 Å². The molecule has 0 bridgehead atoms. The second-order valence-electron chi connectivity index (χ2n) is 23.1. The lowest BCUT2D eigenvalue weighted by molar-refractivity contribution is 0.670. The largest absolute Gasteiger partial charge is 0.455 e. The molecule has 1 unspecified atom stereocenters. The fraction of sp³-hybridized carbons (Fsp3) is 0.0120. The smallest absolute Gasteiger partial charge is 0.143 e. The number of hydrogen-bond donors (Lipinski definition) is 0. The third-order valence-electron chi connectivity index (χ3n) is 18.4. The van der Waals surface area contributed by atoms with Gasteiger partial charge in [-0.3, -0.25) is 0 Å². The zero-order valence-electron chi connectivity index (χ0n) is 47.2. The average Bonchev–Trinajstić information content (AvgIpc) is 1.54. The second kappa shape index (κ2) is 19.5. The Kier molecular flexibility index (Phi) is 11.1. The lowest BCUT2D eigenvalue weighted by Crippen LogP contribution is -2.26. The summed E-state index contributed by atoms with van der Waals surface area (Å²) in [5.74, 6) is 0. The molecule has 87 heavy (non-hydrogen) atoms. The van der Waals surface area contributed by atoms with Crippen molar-refractivity contribution in [1.29, 1.82) is 0 Å². The van der Waals surface area contributed by atoms with E-state index in [1.54, 1.807) is 0 Å². The van der Waals surface area contributed by atoms with Crippen LogP contribution in [0, 0.1) is 0 Å². The van der Waals surface area contributed by atoms with Gasteiger partial charge in [0.15, 0.2) is 0 Å². The molecule has 14 aromatic carbocycles. The minimum Gasteiger partial charge on any atom is -0.455 e. The second-order valence-corrected chi connectivity index (χ2v) is 24.1. The predicted molar refractivity (Wildman–Crippen MR) is 366 cm³/mol. The van der Waals surface area contributed by atoms with E-state index in [0.29, 0.717) is 0 Å². The summed E-state index contributed by atoms with van der Waals surface area (Å²) < 4.78 is 9.26. The van der Waals surface area contributed by atoms with Crippen molar-refractivity contribution in [3.63, 3.8) is 0 Å². The van der Waals surface area contributed by atoms with Crippen LogP contribution in [0.15, 0.2) is 320 Å². The zero-order valence-corrected chi connectivity index (χ0v) is 48.0. The van der Waals surface area contributed by atoms with Crippen LogP contribution >= 0.6 is 11.3 Å². The molecule has 2 heterocycles. The molecule has 18 rings (SSSR count). The summed E-state index contributed by atoms with van der Waals surface area (Å²) in [6.07, 6.45) is 0. The first kappa shape index (κ1) is 49.4. The summed E-state index contributed by atoms with van der Waals surface area (Å²) in [5.41, 5.74) is 24.9. The van der Waals surface area contributed by atoms with Crippen LogP contribution in [0.25, 0.3) is 109 Å². The molecular formula is C83H52N2OS. The Morgan fingerprint density at radius 1 is 0.276 bits per heavy atom. The van der Waals surface area contributed by atoms with E-state index in [0.717, 1.165) is 83.9 Å². The summed E-state index contributed by atoms with van der Waals surface area (Å²) in [7, 11) is 0. The normalized spacial score (nSPS) is 13.8. The molecule has 2 aromatic heterocycles. The highest BCUT2D eigenvalue weighted by Crippen LogP contribution is 2.64. The van der Waals surface area contributed by atoms with Gasteiger partial charge in [0.1, 0.15) is 11.2 Å². The number of nitrogens with zero attached hydrogens (tertiary/aromatic N) is 2. The first-order chi connectivity index (χ1) is 43.1. The van der Waals surface area contributed by atoms with E-state index in [2.05, 4.69) is 325 Å². The van der Waals surface area contributed by atoms with Crippen molar-refractivity contribution in [2.24, 2.45) is 0 Å². The molecule has 0 fully saturated rings. The molecule has 406 valence electrons. The van der Waals surface area contributed by atoms with Gasteiger partial charge in [-0.1, -0.05) is 212 Å². The summed E-state index contributed by atoms with van der Waals surface area (Å²) >= 11 is 1.86. The van der Waals surface area contributed by atoms with Crippen molar-refractivity contribution in [2.45, 2.75) is 5.41 Å². The van der Waals surface area contributed by atoms with Crippen LogP contribution < -0.4 is 9.80 Å². The summed E-state index contributed by atoms with van der Waals surface area (Å²) in [5, 5.41) is 7.14. The first-order valence-electron chi connectivity index (χ1n) is 29.9. The number of thiophene rings is 1. The standard InChI is InChI=1S/C83H52N2OS/c1-5-21-53(22-6-1)58-39-44-79-71(46-58)72-48-59(47-69(81(72)86-79)55-23-7-2-8-24-55)54-37-40-62(41-38-54)85(61-29-11-4-12-30-61)78-52-64(50-73-68-33-17-20-36-80(68)87-82(73)78)84(60-27-9-3-10-28-60)63-42-43-67-65-31-15-18-34-74(65)83(77(67)51-63)75-35-19-16-32-66(75)70-45-56-25-13-14-26-57(56)49-76(70)83/h1-52H. The quantitative estimate of drug-likeness (QED) is 0.144. The van der Waals surface area contributed by atoms with E-state index < -0.39 is 5.41 Å². The molecule has 0 saturated heterocycles. The van der Waals surface area contributed by atoms with Gasteiger partial charge in [0.2, 0.25) is 0 Å². The van der Waals surface area contributed by atoms with E-state index in [4.69, 9.17) is 4.42 Å². The van der Waals surface area contributed by atoms with Crippen molar-refractivity contribution in [3.8, 4) is 55.6 Å². The number of furan rings is 1. The van der Waals surface area contributed by atoms with E-state index >= 15 is 0 Å². The van der Waals surface area contributed by atoms with Gasteiger partial charge in [0, 0.05) is 60.2 Å². The number of rotatable bonds is 9. The summed E-state index contributed by atoms with van der Waals surface area (Å²) in [4.78, 5) is 4.95. The Morgan fingerprint density at radius 2 is 0.816 bits per heavy atom. The highest BCUT2D eigenvalue weighted by Gasteiger charge is 2.52. The minimum absolute atomic E-state index is 0.539. The molecule has 1 atom stereocenters.